The van der Waals surface area contributed by atoms with Crippen molar-refractivity contribution < 1.29 is 8.42 Å². The average molecular weight is 413 g/mol. The molecule has 0 aliphatic carbocycles. The van der Waals surface area contributed by atoms with E-state index in [1.807, 2.05) is 25.1 Å². The molecule has 27 heavy (non-hydrogen) atoms. The Balaban J connectivity index is 1.93. The number of thioether (sulfide) groups is 1. The highest BCUT2D eigenvalue weighted by atomic mass is 32.2. The molecule has 1 heterocycles. The number of sulfonamides is 1. The van der Waals surface area contributed by atoms with Gasteiger partial charge < -0.3 is 10.6 Å². The van der Waals surface area contributed by atoms with Crippen molar-refractivity contribution in [3.8, 4) is 0 Å². The molecule has 0 amide bonds. The van der Waals surface area contributed by atoms with Gasteiger partial charge in [0.05, 0.1) is 12.3 Å². The summed E-state index contributed by atoms with van der Waals surface area (Å²) in [6.07, 6.45) is 0. The molecule has 1 saturated heterocycles. The molecule has 1 aliphatic rings. The van der Waals surface area contributed by atoms with Gasteiger partial charge in [-0.3, -0.25) is 4.99 Å². The molecule has 0 aromatic heterocycles. The van der Waals surface area contributed by atoms with E-state index in [-0.39, 0.29) is 18.3 Å². The van der Waals surface area contributed by atoms with E-state index in [4.69, 9.17) is 0 Å². The Bertz CT molecular complexity index is 689. The van der Waals surface area contributed by atoms with Gasteiger partial charge in [0.1, 0.15) is 0 Å². The molecule has 1 aliphatic heterocycles. The third-order valence-electron chi connectivity index (χ3n) is 4.77. The largest absolute Gasteiger partial charge is 0.357 e. The van der Waals surface area contributed by atoms with Gasteiger partial charge in [0.25, 0.3) is 0 Å². The van der Waals surface area contributed by atoms with E-state index in [0.29, 0.717) is 25.0 Å². The maximum absolute atomic E-state index is 12.4. The molecule has 0 bridgehead atoms. The van der Waals surface area contributed by atoms with Crippen LogP contribution >= 0.6 is 11.8 Å². The van der Waals surface area contributed by atoms with E-state index in [0.717, 1.165) is 18.1 Å². The van der Waals surface area contributed by atoms with E-state index < -0.39 is 10.0 Å². The van der Waals surface area contributed by atoms with Gasteiger partial charge in [0.2, 0.25) is 10.0 Å². The second-order valence-corrected chi connectivity index (χ2v) is 10.0. The number of hydrogen-bond acceptors (Lipinski definition) is 4. The molecule has 1 fully saturated rings. The van der Waals surface area contributed by atoms with Gasteiger partial charge in [-0.1, -0.05) is 37.3 Å². The second-order valence-electron chi connectivity index (χ2n) is 6.72. The number of rotatable bonds is 8. The van der Waals surface area contributed by atoms with Crippen molar-refractivity contribution in [3.05, 3.63) is 35.9 Å². The van der Waals surface area contributed by atoms with Gasteiger partial charge in [0, 0.05) is 43.1 Å². The number of nitrogens with zero attached hydrogens (tertiary/aromatic N) is 2. The first-order valence-electron chi connectivity index (χ1n) is 9.59. The number of benzene rings is 1. The molecule has 0 spiro atoms. The van der Waals surface area contributed by atoms with Crippen LogP contribution in [0.4, 0.5) is 0 Å². The van der Waals surface area contributed by atoms with Crippen LogP contribution in [-0.2, 0) is 10.0 Å². The summed E-state index contributed by atoms with van der Waals surface area (Å²) in [7, 11) is -3.22. The quantitative estimate of drug-likeness (QED) is 0.505. The lowest BCUT2D eigenvalue weighted by molar-refractivity contribution is 0.444. The lowest BCUT2D eigenvalue weighted by Gasteiger charge is -2.25. The standard InChI is InChI=1S/C19H32N4O2S2/c1-4-20-19(22-17(3)16(2)18-8-6-5-7-9-18)21-10-15-27(24,25)23-11-13-26-14-12-23/h5-9,16-17H,4,10-15H2,1-3H3,(H2,20,21,22). The monoisotopic (exact) mass is 412 g/mol. The zero-order valence-corrected chi connectivity index (χ0v) is 18.2. The fourth-order valence-electron chi connectivity index (χ4n) is 2.93. The molecule has 2 rings (SSSR count). The fourth-order valence-corrected chi connectivity index (χ4v) is 5.39. The van der Waals surface area contributed by atoms with Gasteiger partial charge in [-0.05, 0) is 19.4 Å². The van der Waals surface area contributed by atoms with Crippen molar-refractivity contribution in [2.24, 2.45) is 4.99 Å². The molecule has 0 radical (unpaired) electrons. The highest BCUT2D eigenvalue weighted by molar-refractivity contribution is 7.99. The van der Waals surface area contributed by atoms with Crippen LogP contribution in [0.2, 0.25) is 0 Å². The lowest BCUT2D eigenvalue weighted by Crippen LogP contribution is -2.44. The molecule has 6 nitrogen and oxygen atoms in total. The Hall–Kier alpha value is -1.25. The predicted molar refractivity (Wildman–Crippen MR) is 116 cm³/mol. The average Bonchev–Trinajstić information content (AvgIpc) is 2.68. The lowest BCUT2D eigenvalue weighted by atomic mass is 9.94. The van der Waals surface area contributed by atoms with Crippen LogP contribution in [0.3, 0.4) is 0 Å². The van der Waals surface area contributed by atoms with E-state index in [9.17, 15) is 8.42 Å². The van der Waals surface area contributed by atoms with Gasteiger partial charge in [0.15, 0.2) is 5.96 Å². The molecule has 1 aromatic carbocycles. The molecule has 2 N–H and O–H groups in total. The molecule has 0 saturated carbocycles. The summed E-state index contributed by atoms with van der Waals surface area (Å²) in [5.74, 6) is 2.78. The van der Waals surface area contributed by atoms with Crippen molar-refractivity contribution >= 4 is 27.7 Å². The van der Waals surface area contributed by atoms with Crippen LogP contribution in [0, 0.1) is 0 Å². The van der Waals surface area contributed by atoms with Gasteiger partial charge >= 0.3 is 0 Å². The van der Waals surface area contributed by atoms with E-state index in [1.54, 1.807) is 16.1 Å². The van der Waals surface area contributed by atoms with Gasteiger partial charge in [-0.15, -0.1) is 0 Å². The summed E-state index contributed by atoms with van der Waals surface area (Å²) < 4.78 is 26.5. The first kappa shape index (κ1) is 22.0. The third kappa shape index (κ3) is 7.01. The molecule has 2 unspecified atom stereocenters. The summed E-state index contributed by atoms with van der Waals surface area (Å²) in [6.45, 7) is 8.51. The first-order chi connectivity index (χ1) is 12.9. The predicted octanol–water partition coefficient (Wildman–Crippen LogP) is 2.11. The Morgan fingerprint density at radius 1 is 1.22 bits per heavy atom. The third-order valence-corrected chi connectivity index (χ3v) is 7.56. The highest BCUT2D eigenvalue weighted by Gasteiger charge is 2.23. The maximum Gasteiger partial charge on any atom is 0.215 e. The van der Waals surface area contributed by atoms with E-state index in [1.165, 1.54) is 5.56 Å². The Kier molecular flexibility index (Phi) is 8.92. The van der Waals surface area contributed by atoms with Crippen molar-refractivity contribution in [2.45, 2.75) is 32.7 Å². The van der Waals surface area contributed by atoms with E-state index in [2.05, 4.69) is 41.6 Å². The number of hydrogen-bond donors (Lipinski definition) is 2. The van der Waals surface area contributed by atoms with Crippen LogP contribution in [0.15, 0.2) is 35.3 Å². The van der Waals surface area contributed by atoms with Crippen LogP contribution in [0.5, 0.6) is 0 Å². The molecular formula is C19H32N4O2S2. The number of aliphatic imine (C=N–C) groups is 1. The SMILES string of the molecule is CCNC(=NCCS(=O)(=O)N1CCSCC1)NC(C)C(C)c1ccccc1. The summed E-state index contributed by atoms with van der Waals surface area (Å²) in [5, 5.41) is 6.62. The fraction of sp³-hybridized carbons (Fsp3) is 0.632. The van der Waals surface area contributed by atoms with Gasteiger partial charge in [-0.2, -0.15) is 11.8 Å². The minimum atomic E-state index is -3.22. The van der Waals surface area contributed by atoms with Crippen molar-refractivity contribution in [1.29, 1.82) is 0 Å². The number of nitrogens with one attached hydrogen (secondary N) is 2. The normalized spacial score (nSPS) is 18.7. The van der Waals surface area contributed by atoms with Crippen LogP contribution in [0.1, 0.15) is 32.3 Å². The number of guanidine groups is 1. The summed E-state index contributed by atoms with van der Waals surface area (Å²) in [6, 6.07) is 10.5. The summed E-state index contributed by atoms with van der Waals surface area (Å²) in [4.78, 5) is 4.49. The van der Waals surface area contributed by atoms with Crippen molar-refractivity contribution in [1.82, 2.24) is 14.9 Å². The van der Waals surface area contributed by atoms with Crippen molar-refractivity contribution in [2.75, 3.05) is 43.4 Å². The Morgan fingerprint density at radius 3 is 2.52 bits per heavy atom. The van der Waals surface area contributed by atoms with Crippen molar-refractivity contribution in [3.63, 3.8) is 0 Å². The highest BCUT2D eigenvalue weighted by Crippen LogP contribution is 2.18. The molecular weight excluding hydrogens is 380 g/mol. The molecule has 2 atom stereocenters. The smallest absolute Gasteiger partial charge is 0.215 e. The van der Waals surface area contributed by atoms with Crippen LogP contribution in [-0.4, -0.2) is 68.2 Å². The summed E-state index contributed by atoms with van der Waals surface area (Å²) in [5.41, 5.74) is 1.26. The summed E-state index contributed by atoms with van der Waals surface area (Å²) >= 11 is 1.80. The topological polar surface area (TPSA) is 73.8 Å². The minimum absolute atomic E-state index is 0.0524. The Morgan fingerprint density at radius 2 is 1.89 bits per heavy atom. The molecule has 8 heteroatoms. The Labute approximate surface area is 168 Å². The van der Waals surface area contributed by atoms with Crippen LogP contribution in [0.25, 0.3) is 0 Å². The zero-order valence-electron chi connectivity index (χ0n) is 16.5. The second kappa shape index (κ2) is 10.9. The first-order valence-corrected chi connectivity index (χ1v) is 12.4. The van der Waals surface area contributed by atoms with E-state index >= 15 is 0 Å². The molecule has 152 valence electrons. The van der Waals surface area contributed by atoms with Crippen LogP contribution < -0.4 is 10.6 Å². The minimum Gasteiger partial charge on any atom is -0.357 e. The molecule has 1 aromatic rings. The van der Waals surface area contributed by atoms with Gasteiger partial charge in [-0.25, -0.2) is 12.7 Å². The maximum atomic E-state index is 12.4. The zero-order chi connectivity index (χ0) is 19.7.